The van der Waals surface area contributed by atoms with Crippen LogP contribution in [0.1, 0.15) is 16.2 Å². The zero-order chi connectivity index (χ0) is 18.7. The summed E-state index contributed by atoms with van der Waals surface area (Å²) in [6.07, 6.45) is 0. The molecule has 2 aromatic rings. The molecule has 1 aromatic carbocycles. The average Bonchev–Trinajstić information content (AvgIpc) is 3.04. The molecule has 1 N–H and O–H groups in total. The maximum absolute atomic E-state index is 12.3. The first-order chi connectivity index (χ1) is 12.4. The molecule has 1 aromatic heterocycles. The standard InChI is InChI=1S/C17H18Cl2N4O3/c1-11-8-15(26-21-11)17(25)23-6-4-22(5-7-23)10-16(24)20-14-3-2-12(18)9-13(14)19/h2-3,8-9H,4-7,10H2,1H3,(H,20,24). The second-order valence-corrected chi connectivity index (χ2v) is 6.92. The maximum atomic E-state index is 12.3. The predicted molar refractivity (Wildman–Crippen MR) is 98.7 cm³/mol. The minimum atomic E-state index is -0.178. The smallest absolute Gasteiger partial charge is 0.292 e. The van der Waals surface area contributed by atoms with Crippen LogP contribution in [-0.2, 0) is 4.79 Å². The monoisotopic (exact) mass is 396 g/mol. The molecular weight excluding hydrogens is 379 g/mol. The first kappa shape index (κ1) is 18.7. The number of amides is 2. The van der Waals surface area contributed by atoms with E-state index in [1.54, 1.807) is 36.1 Å². The average molecular weight is 397 g/mol. The molecule has 1 aliphatic heterocycles. The number of anilines is 1. The zero-order valence-corrected chi connectivity index (χ0v) is 15.7. The van der Waals surface area contributed by atoms with Crippen molar-refractivity contribution in [2.24, 2.45) is 0 Å². The van der Waals surface area contributed by atoms with Crippen molar-refractivity contribution < 1.29 is 14.1 Å². The number of carbonyl (C=O) groups is 2. The summed E-state index contributed by atoms with van der Waals surface area (Å²) in [5, 5.41) is 7.41. The lowest BCUT2D eigenvalue weighted by molar-refractivity contribution is -0.117. The number of hydrogen-bond donors (Lipinski definition) is 1. The number of aromatic nitrogens is 1. The van der Waals surface area contributed by atoms with E-state index in [0.29, 0.717) is 47.6 Å². The van der Waals surface area contributed by atoms with Gasteiger partial charge in [-0.3, -0.25) is 14.5 Å². The minimum Gasteiger partial charge on any atom is -0.351 e. The second-order valence-electron chi connectivity index (χ2n) is 6.07. The summed E-state index contributed by atoms with van der Waals surface area (Å²) in [6.45, 7) is 4.23. The fourth-order valence-corrected chi connectivity index (χ4v) is 3.17. The van der Waals surface area contributed by atoms with Crippen molar-refractivity contribution >= 4 is 40.7 Å². The van der Waals surface area contributed by atoms with Gasteiger partial charge in [0.05, 0.1) is 22.9 Å². The van der Waals surface area contributed by atoms with E-state index in [0.717, 1.165) is 0 Å². The second kappa shape index (κ2) is 8.07. The topological polar surface area (TPSA) is 78.7 Å². The Bertz CT molecular complexity index is 816. The molecule has 26 heavy (non-hydrogen) atoms. The maximum Gasteiger partial charge on any atom is 0.292 e. The SMILES string of the molecule is Cc1cc(C(=O)N2CCN(CC(=O)Nc3ccc(Cl)cc3Cl)CC2)on1. The van der Waals surface area contributed by atoms with Gasteiger partial charge in [-0.2, -0.15) is 0 Å². The molecule has 0 atom stereocenters. The van der Waals surface area contributed by atoms with E-state index in [-0.39, 0.29) is 24.1 Å². The molecule has 2 amide bonds. The molecular formula is C17H18Cl2N4O3. The molecule has 0 radical (unpaired) electrons. The Morgan fingerprint density at radius 3 is 2.54 bits per heavy atom. The number of piperazine rings is 1. The first-order valence-electron chi connectivity index (χ1n) is 8.12. The lowest BCUT2D eigenvalue weighted by Gasteiger charge is -2.33. The highest BCUT2D eigenvalue weighted by atomic mass is 35.5. The third-order valence-electron chi connectivity index (χ3n) is 4.07. The van der Waals surface area contributed by atoms with Crippen molar-refractivity contribution in [1.29, 1.82) is 0 Å². The lowest BCUT2D eigenvalue weighted by atomic mass is 10.2. The quantitative estimate of drug-likeness (QED) is 0.859. The van der Waals surface area contributed by atoms with Gasteiger partial charge in [0.15, 0.2) is 0 Å². The van der Waals surface area contributed by atoms with Gasteiger partial charge in [0, 0.05) is 37.3 Å². The number of halogens is 2. The van der Waals surface area contributed by atoms with Crippen molar-refractivity contribution in [3.8, 4) is 0 Å². The molecule has 7 nitrogen and oxygen atoms in total. The van der Waals surface area contributed by atoms with Crippen molar-refractivity contribution in [3.63, 3.8) is 0 Å². The fraction of sp³-hybridized carbons (Fsp3) is 0.353. The van der Waals surface area contributed by atoms with E-state index in [1.807, 2.05) is 4.90 Å². The van der Waals surface area contributed by atoms with Crippen molar-refractivity contribution in [1.82, 2.24) is 15.0 Å². The summed E-state index contributed by atoms with van der Waals surface area (Å²) in [4.78, 5) is 28.2. The Kier molecular flexibility index (Phi) is 5.80. The molecule has 1 fully saturated rings. The summed E-state index contributed by atoms with van der Waals surface area (Å²) in [5.41, 5.74) is 1.19. The Morgan fingerprint density at radius 1 is 1.19 bits per heavy atom. The molecule has 2 heterocycles. The lowest BCUT2D eigenvalue weighted by Crippen LogP contribution is -2.50. The number of benzene rings is 1. The van der Waals surface area contributed by atoms with Crippen LogP contribution in [0.2, 0.25) is 10.0 Å². The minimum absolute atomic E-state index is 0.167. The van der Waals surface area contributed by atoms with Crippen LogP contribution in [0.25, 0.3) is 0 Å². The third-order valence-corrected chi connectivity index (χ3v) is 4.62. The van der Waals surface area contributed by atoms with Crippen LogP contribution in [0.3, 0.4) is 0 Å². The summed E-state index contributed by atoms with van der Waals surface area (Å²) < 4.78 is 5.02. The molecule has 0 spiro atoms. The number of hydrogen-bond acceptors (Lipinski definition) is 5. The van der Waals surface area contributed by atoms with Gasteiger partial charge in [-0.15, -0.1) is 0 Å². The Balaban J connectivity index is 1.49. The zero-order valence-electron chi connectivity index (χ0n) is 14.2. The van der Waals surface area contributed by atoms with E-state index < -0.39 is 0 Å². The highest BCUT2D eigenvalue weighted by Gasteiger charge is 2.25. The van der Waals surface area contributed by atoms with E-state index in [4.69, 9.17) is 27.7 Å². The summed E-state index contributed by atoms with van der Waals surface area (Å²) in [5.74, 6) is -0.103. The van der Waals surface area contributed by atoms with Crippen LogP contribution < -0.4 is 5.32 Å². The molecule has 0 saturated carbocycles. The van der Waals surface area contributed by atoms with Gasteiger partial charge in [-0.25, -0.2) is 0 Å². The van der Waals surface area contributed by atoms with Crippen LogP contribution >= 0.6 is 23.2 Å². The molecule has 9 heteroatoms. The van der Waals surface area contributed by atoms with Crippen LogP contribution in [0, 0.1) is 6.92 Å². The summed E-state index contributed by atoms with van der Waals surface area (Å²) in [7, 11) is 0. The van der Waals surface area contributed by atoms with Gasteiger partial charge in [0.2, 0.25) is 11.7 Å². The van der Waals surface area contributed by atoms with Gasteiger partial charge >= 0.3 is 0 Å². The highest BCUT2D eigenvalue weighted by molar-refractivity contribution is 6.36. The molecule has 1 saturated heterocycles. The molecule has 138 valence electrons. The highest BCUT2D eigenvalue weighted by Crippen LogP contribution is 2.25. The largest absolute Gasteiger partial charge is 0.351 e. The molecule has 1 aliphatic rings. The van der Waals surface area contributed by atoms with Crippen LogP contribution in [-0.4, -0.2) is 59.5 Å². The molecule has 0 unspecified atom stereocenters. The molecule has 0 aliphatic carbocycles. The first-order valence-corrected chi connectivity index (χ1v) is 8.88. The number of aryl methyl sites for hydroxylation is 1. The van der Waals surface area contributed by atoms with Gasteiger partial charge in [0.1, 0.15) is 0 Å². The Morgan fingerprint density at radius 2 is 1.92 bits per heavy atom. The molecule has 0 bridgehead atoms. The third kappa shape index (κ3) is 4.55. The van der Waals surface area contributed by atoms with Crippen molar-refractivity contribution in [2.45, 2.75) is 6.92 Å². The van der Waals surface area contributed by atoms with Gasteiger partial charge < -0.3 is 14.7 Å². The summed E-state index contributed by atoms with van der Waals surface area (Å²) in [6, 6.07) is 6.53. The van der Waals surface area contributed by atoms with Crippen LogP contribution in [0.4, 0.5) is 5.69 Å². The van der Waals surface area contributed by atoms with Gasteiger partial charge in [0.25, 0.3) is 5.91 Å². The van der Waals surface area contributed by atoms with Crippen molar-refractivity contribution in [3.05, 3.63) is 45.8 Å². The van der Waals surface area contributed by atoms with Crippen LogP contribution in [0.15, 0.2) is 28.8 Å². The Hall–Kier alpha value is -2.09. The number of nitrogens with one attached hydrogen (secondary N) is 1. The normalized spacial score (nSPS) is 15.1. The van der Waals surface area contributed by atoms with Crippen molar-refractivity contribution in [2.75, 3.05) is 38.0 Å². The Labute approximate surface area is 160 Å². The van der Waals surface area contributed by atoms with Gasteiger partial charge in [-0.05, 0) is 25.1 Å². The van der Waals surface area contributed by atoms with Crippen LogP contribution in [0.5, 0.6) is 0 Å². The summed E-state index contributed by atoms with van der Waals surface area (Å²) >= 11 is 11.9. The van der Waals surface area contributed by atoms with E-state index >= 15 is 0 Å². The van der Waals surface area contributed by atoms with E-state index in [1.165, 1.54) is 0 Å². The number of rotatable bonds is 4. The fourth-order valence-electron chi connectivity index (χ4n) is 2.71. The van der Waals surface area contributed by atoms with Gasteiger partial charge in [-0.1, -0.05) is 28.4 Å². The number of carbonyl (C=O) groups excluding carboxylic acids is 2. The van der Waals surface area contributed by atoms with E-state index in [9.17, 15) is 9.59 Å². The number of nitrogens with zero attached hydrogens (tertiary/aromatic N) is 3. The molecule has 3 rings (SSSR count). The van der Waals surface area contributed by atoms with E-state index in [2.05, 4.69) is 10.5 Å². The predicted octanol–water partition coefficient (Wildman–Crippen LogP) is 2.69.